The largest absolute Gasteiger partial charge is 0.399 e. The first-order chi connectivity index (χ1) is 10.3. The third-order valence-electron chi connectivity index (χ3n) is 3.05. The summed E-state index contributed by atoms with van der Waals surface area (Å²) in [5.74, 6) is 0.698. The van der Waals surface area contributed by atoms with Gasteiger partial charge in [0.2, 0.25) is 5.89 Å². The molecule has 1 aromatic heterocycles. The van der Waals surface area contributed by atoms with Crippen molar-refractivity contribution in [3.63, 3.8) is 0 Å². The van der Waals surface area contributed by atoms with Gasteiger partial charge in [-0.05, 0) is 46.1 Å². The normalized spacial score (nSPS) is 11.7. The highest BCUT2D eigenvalue weighted by Crippen LogP contribution is 2.18. The Hall–Kier alpha value is -2.41. The number of carbonyl (C=O) groups is 1. The number of rotatable bonds is 5. The van der Waals surface area contributed by atoms with Crippen LogP contribution in [0.3, 0.4) is 0 Å². The molecule has 0 aliphatic heterocycles. The van der Waals surface area contributed by atoms with Crippen molar-refractivity contribution < 1.29 is 9.32 Å². The van der Waals surface area contributed by atoms with Gasteiger partial charge in [-0.15, -0.1) is 0 Å². The molecule has 7 nitrogen and oxygen atoms in total. The molecule has 1 amide bonds. The molecule has 0 radical (unpaired) electrons. The summed E-state index contributed by atoms with van der Waals surface area (Å²) in [7, 11) is 3.83. The van der Waals surface area contributed by atoms with Crippen LogP contribution in [0.5, 0.6) is 0 Å². The van der Waals surface area contributed by atoms with E-state index in [1.165, 1.54) is 0 Å². The second-order valence-corrected chi connectivity index (χ2v) is 5.95. The Morgan fingerprint density at radius 2 is 2.14 bits per heavy atom. The van der Waals surface area contributed by atoms with Crippen molar-refractivity contribution >= 4 is 11.6 Å². The maximum atomic E-state index is 12.3. The van der Waals surface area contributed by atoms with Crippen LogP contribution in [-0.4, -0.2) is 35.0 Å². The van der Waals surface area contributed by atoms with Crippen LogP contribution in [0.25, 0.3) is 0 Å². The van der Waals surface area contributed by atoms with Gasteiger partial charge in [0.15, 0.2) is 5.82 Å². The fourth-order valence-corrected chi connectivity index (χ4v) is 1.94. The molecule has 0 unspecified atom stereocenters. The highest BCUT2D eigenvalue weighted by atomic mass is 16.5. The summed E-state index contributed by atoms with van der Waals surface area (Å²) in [5.41, 5.74) is 5.97. The van der Waals surface area contributed by atoms with Gasteiger partial charge in [0.05, 0.1) is 12.1 Å². The van der Waals surface area contributed by atoms with Gasteiger partial charge in [-0.1, -0.05) is 11.2 Å². The lowest BCUT2D eigenvalue weighted by Crippen LogP contribution is -2.41. The topological polar surface area (TPSA) is 97.3 Å². The van der Waals surface area contributed by atoms with Crippen LogP contribution in [0.15, 0.2) is 28.8 Å². The molecule has 1 heterocycles. The van der Waals surface area contributed by atoms with E-state index in [9.17, 15) is 4.79 Å². The number of nitrogens with zero attached hydrogens (tertiary/aromatic N) is 3. The Morgan fingerprint density at radius 1 is 1.41 bits per heavy atom. The zero-order chi connectivity index (χ0) is 16.3. The minimum absolute atomic E-state index is 0.240. The first-order valence-electron chi connectivity index (χ1n) is 6.94. The molecule has 7 heteroatoms. The number of benzene rings is 1. The monoisotopic (exact) mass is 303 g/mol. The molecular formula is C15H21N5O2. The van der Waals surface area contributed by atoms with E-state index in [0.717, 1.165) is 0 Å². The first-order valence-corrected chi connectivity index (χ1v) is 6.94. The van der Waals surface area contributed by atoms with Crippen molar-refractivity contribution in [3.05, 3.63) is 41.5 Å². The van der Waals surface area contributed by atoms with Gasteiger partial charge in [0.1, 0.15) is 0 Å². The third-order valence-corrected chi connectivity index (χ3v) is 3.05. The highest BCUT2D eigenvalue weighted by molar-refractivity contribution is 5.95. The van der Waals surface area contributed by atoms with E-state index < -0.39 is 5.54 Å². The number of nitrogens with one attached hydrogen (secondary N) is 1. The molecule has 0 atom stereocenters. The standard InChI is InChI=1S/C15H21N5O2/c1-15(2,14-17-12(22-19-14)9-20(3)4)18-13(21)10-6-5-7-11(16)8-10/h5-8H,9,16H2,1-4H3,(H,18,21). The molecule has 2 aromatic rings. The average Bonchev–Trinajstić information content (AvgIpc) is 2.86. The predicted octanol–water partition coefficient (Wildman–Crippen LogP) is 1.38. The third kappa shape index (κ3) is 3.82. The van der Waals surface area contributed by atoms with E-state index in [0.29, 0.717) is 29.5 Å². The molecule has 1 aromatic carbocycles. The minimum atomic E-state index is -0.754. The predicted molar refractivity (Wildman–Crippen MR) is 83.0 cm³/mol. The molecular weight excluding hydrogens is 282 g/mol. The smallest absolute Gasteiger partial charge is 0.252 e. The number of nitrogen functional groups attached to an aromatic ring is 1. The summed E-state index contributed by atoms with van der Waals surface area (Å²) >= 11 is 0. The molecule has 0 saturated carbocycles. The van der Waals surface area contributed by atoms with Gasteiger partial charge in [0, 0.05) is 11.3 Å². The van der Waals surface area contributed by atoms with Crippen molar-refractivity contribution in [1.82, 2.24) is 20.4 Å². The van der Waals surface area contributed by atoms with Crippen LogP contribution in [0, 0.1) is 0 Å². The van der Waals surface area contributed by atoms with Crippen molar-refractivity contribution in [3.8, 4) is 0 Å². The van der Waals surface area contributed by atoms with Crippen LogP contribution in [0.2, 0.25) is 0 Å². The molecule has 0 aliphatic rings. The van der Waals surface area contributed by atoms with E-state index in [4.69, 9.17) is 10.3 Å². The summed E-state index contributed by atoms with van der Waals surface area (Å²) in [6, 6.07) is 6.80. The lowest BCUT2D eigenvalue weighted by Gasteiger charge is -2.22. The Bertz CT molecular complexity index is 663. The van der Waals surface area contributed by atoms with Gasteiger partial charge in [-0.3, -0.25) is 4.79 Å². The maximum Gasteiger partial charge on any atom is 0.252 e. The zero-order valence-corrected chi connectivity index (χ0v) is 13.3. The number of hydrogen-bond donors (Lipinski definition) is 2. The molecule has 0 saturated heterocycles. The number of anilines is 1. The van der Waals surface area contributed by atoms with Gasteiger partial charge in [-0.2, -0.15) is 4.98 Å². The Morgan fingerprint density at radius 3 is 2.77 bits per heavy atom. The Kier molecular flexibility index (Phi) is 4.46. The first kappa shape index (κ1) is 16.0. The van der Waals surface area contributed by atoms with Gasteiger partial charge >= 0.3 is 0 Å². The fraction of sp³-hybridized carbons (Fsp3) is 0.400. The van der Waals surface area contributed by atoms with Gasteiger partial charge < -0.3 is 20.5 Å². The maximum absolute atomic E-state index is 12.3. The van der Waals surface area contributed by atoms with E-state index in [1.807, 2.05) is 32.8 Å². The number of aromatic nitrogens is 2. The summed E-state index contributed by atoms with van der Waals surface area (Å²) < 4.78 is 5.19. The Labute approximate surface area is 129 Å². The summed E-state index contributed by atoms with van der Waals surface area (Å²) in [6.45, 7) is 4.19. The Balaban J connectivity index is 2.13. The molecule has 3 N–H and O–H groups in total. The summed E-state index contributed by atoms with van der Waals surface area (Å²) in [5, 5.41) is 6.84. The average molecular weight is 303 g/mol. The second kappa shape index (κ2) is 6.15. The lowest BCUT2D eigenvalue weighted by atomic mass is 10.0. The lowest BCUT2D eigenvalue weighted by molar-refractivity contribution is 0.0907. The highest BCUT2D eigenvalue weighted by Gasteiger charge is 2.29. The van der Waals surface area contributed by atoms with Gasteiger partial charge in [0.25, 0.3) is 5.91 Å². The number of hydrogen-bond acceptors (Lipinski definition) is 6. The van der Waals surface area contributed by atoms with Crippen LogP contribution in [-0.2, 0) is 12.1 Å². The van der Waals surface area contributed by atoms with E-state index in [1.54, 1.807) is 24.3 Å². The van der Waals surface area contributed by atoms with E-state index in [-0.39, 0.29) is 5.91 Å². The van der Waals surface area contributed by atoms with Crippen molar-refractivity contribution in [1.29, 1.82) is 0 Å². The molecule has 0 fully saturated rings. The molecule has 0 aliphatic carbocycles. The van der Waals surface area contributed by atoms with Gasteiger partial charge in [-0.25, -0.2) is 0 Å². The molecule has 118 valence electrons. The van der Waals surface area contributed by atoms with Crippen molar-refractivity contribution in [2.24, 2.45) is 0 Å². The number of amides is 1. The molecule has 0 bridgehead atoms. The molecule has 22 heavy (non-hydrogen) atoms. The SMILES string of the molecule is CN(C)Cc1nc(C(C)(C)NC(=O)c2cccc(N)c2)no1. The van der Waals surface area contributed by atoms with Crippen LogP contribution < -0.4 is 11.1 Å². The summed E-state index contributed by atoms with van der Waals surface area (Å²) in [4.78, 5) is 18.6. The number of carbonyl (C=O) groups excluding carboxylic acids is 1. The van der Waals surface area contributed by atoms with Crippen molar-refractivity contribution in [2.45, 2.75) is 25.9 Å². The van der Waals surface area contributed by atoms with Crippen LogP contribution in [0.4, 0.5) is 5.69 Å². The summed E-state index contributed by atoms with van der Waals surface area (Å²) in [6.07, 6.45) is 0. The van der Waals surface area contributed by atoms with E-state index in [2.05, 4.69) is 15.5 Å². The number of nitrogens with two attached hydrogens (primary N) is 1. The van der Waals surface area contributed by atoms with Crippen LogP contribution >= 0.6 is 0 Å². The molecule has 0 spiro atoms. The van der Waals surface area contributed by atoms with E-state index >= 15 is 0 Å². The zero-order valence-electron chi connectivity index (χ0n) is 13.3. The van der Waals surface area contributed by atoms with Crippen molar-refractivity contribution in [2.75, 3.05) is 19.8 Å². The minimum Gasteiger partial charge on any atom is -0.399 e. The van der Waals surface area contributed by atoms with Crippen LogP contribution in [0.1, 0.15) is 35.9 Å². The quantitative estimate of drug-likeness (QED) is 0.810. The fourth-order valence-electron chi connectivity index (χ4n) is 1.94. The second-order valence-electron chi connectivity index (χ2n) is 5.95. The molecule has 2 rings (SSSR count).